The number of carboxylic acids is 1. The monoisotopic (exact) mass is 348 g/mol. The summed E-state index contributed by atoms with van der Waals surface area (Å²) in [5.74, 6) is -1.86. The van der Waals surface area contributed by atoms with E-state index < -0.39 is 11.9 Å². The van der Waals surface area contributed by atoms with Gasteiger partial charge in [0.2, 0.25) is 5.91 Å². The van der Waals surface area contributed by atoms with Crippen molar-refractivity contribution in [1.82, 2.24) is 5.32 Å². The minimum atomic E-state index is -1.06. The van der Waals surface area contributed by atoms with Crippen LogP contribution in [0.2, 0.25) is 0 Å². The molecule has 0 saturated carbocycles. The molecule has 130 valence electrons. The molecule has 0 radical (unpaired) electrons. The van der Waals surface area contributed by atoms with E-state index in [0.29, 0.717) is 5.69 Å². The lowest BCUT2D eigenvalue weighted by Gasteiger charge is -2.09. The molecule has 0 aliphatic carbocycles. The van der Waals surface area contributed by atoms with E-state index in [1.54, 1.807) is 6.07 Å². The Hall–Kier alpha value is -3.67. The summed E-state index contributed by atoms with van der Waals surface area (Å²) in [6, 6.07) is 18.8. The number of nitrogens with one attached hydrogen (secondary N) is 2. The van der Waals surface area contributed by atoms with Crippen LogP contribution in [0.3, 0.4) is 0 Å². The molecule has 0 atom stereocenters. The lowest BCUT2D eigenvalue weighted by molar-refractivity contribution is -0.115. The molecule has 0 unspecified atom stereocenters. The molecule has 0 fully saturated rings. The molecule has 0 aliphatic rings. The van der Waals surface area contributed by atoms with Crippen LogP contribution in [-0.2, 0) is 4.79 Å². The Labute approximate surface area is 149 Å². The normalized spacial score (nSPS) is 10.3. The standard InChI is InChI=1S/C20H16N2O4/c23-18(22-17-7-3-5-13-4-1-2-6-16(13)17)12-21-19(24)14-8-10-15(11-9-14)20(25)26/h1-11H,12H2,(H,21,24)(H,22,23)(H,25,26). The second kappa shape index (κ2) is 7.48. The predicted molar refractivity (Wildman–Crippen MR) is 98.3 cm³/mol. The molecular weight excluding hydrogens is 332 g/mol. The Morgan fingerprint density at radius 1 is 0.808 bits per heavy atom. The fourth-order valence-corrected chi connectivity index (χ4v) is 2.56. The van der Waals surface area contributed by atoms with Gasteiger partial charge in [0.25, 0.3) is 5.91 Å². The van der Waals surface area contributed by atoms with Crippen molar-refractivity contribution in [2.24, 2.45) is 0 Å². The zero-order valence-electron chi connectivity index (χ0n) is 13.7. The van der Waals surface area contributed by atoms with E-state index in [0.717, 1.165) is 10.8 Å². The van der Waals surface area contributed by atoms with Crippen molar-refractivity contribution in [1.29, 1.82) is 0 Å². The molecule has 2 amide bonds. The van der Waals surface area contributed by atoms with Crippen LogP contribution in [0.5, 0.6) is 0 Å². The second-order valence-corrected chi connectivity index (χ2v) is 5.64. The van der Waals surface area contributed by atoms with E-state index >= 15 is 0 Å². The van der Waals surface area contributed by atoms with Crippen LogP contribution in [0, 0.1) is 0 Å². The summed E-state index contributed by atoms with van der Waals surface area (Å²) >= 11 is 0. The average molecular weight is 348 g/mol. The summed E-state index contributed by atoms with van der Waals surface area (Å²) in [6.45, 7) is -0.192. The van der Waals surface area contributed by atoms with Gasteiger partial charge in [0, 0.05) is 16.6 Å². The van der Waals surface area contributed by atoms with Crippen molar-refractivity contribution in [3.8, 4) is 0 Å². The van der Waals surface area contributed by atoms with Gasteiger partial charge in [-0.1, -0.05) is 36.4 Å². The van der Waals surface area contributed by atoms with Crippen LogP contribution in [0.15, 0.2) is 66.7 Å². The van der Waals surface area contributed by atoms with Crippen molar-refractivity contribution in [3.63, 3.8) is 0 Å². The van der Waals surface area contributed by atoms with Gasteiger partial charge < -0.3 is 15.7 Å². The van der Waals surface area contributed by atoms with Gasteiger partial charge in [0.05, 0.1) is 12.1 Å². The Bertz CT molecular complexity index is 975. The number of carbonyl (C=O) groups excluding carboxylic acids is 2. The number of carbonyl (C=O) groups is 3. The van der Waals surface area contributed by atoms with Crippen LogP contribution >= 0.6 is 0 Å². The third-order valence-corrected chi connectivity index (χ3v) is 3.87. The van der Waals surface area contributed by atoms with Crippen LogP contribution in [0.25, 0.3) is 10.8 Å². The predicted octanol–water partition coefficient (Wildman–Crippen LogP) is 2.91. The molecule has 0 aromatic heterocycles. The average Bonchev–Trinajstić information content (AvgIpc) is 2.66. The van der Waals surface area contributed by atoms with Gasteiger partial charge in [-0.3, -0.25) is 9.59 Å². The van der Waals surface area contributed by atoms with Crippen molar-refractivity contribution >= 4 is 34.2 Å². The zero-order chi connectivity index (χ0) is 18.5. The largest absolute Gasteiger partial charge is 0.478 e. The summed E-state index contributed by atoms with van der Waals surface area (Å²) in [5.41, 5.74) is 1.05. The first-order valence-electron chi connectivity index (χ1n) is 7.94. The third kappa shape index (κ3) is 3.87. The van der Waals surface area contributed by atoms with Crippen LogP contribution in [0.1, 0.15) is 20.7 Å². The van der Waals surface area contributed by atoms with E-state index in [9.17, 15) is 14.4 Å². The number of benzene rings is 3. The van der Waals surface area contributed by atoms with Gasteiger partial charge >= 0.3 is 5.97 Å². The number of rotatable bonds is 5. The fourth-order valence-electron chi connectivity index (χ4n) is 2.56. The highest BCUT2D eigenvalue weighted by Crippen LogP contribution is 2.22. The number of aromatic carboxylic acids is 1. The molecule has 0 spiro atoms. The number of hydrogen-bond acceptors (Lipinski definition) is 3. The lowest BCUT2D eigenvalue weighted by atomic mass is 10.1. The van der Waals surface area contributed by atoms with E-state index in [-0.39, 0.29) is 23.6 Å². The minimum Gasteiger partial charge on any atom is -0.478 e. The minimum absolute atomic E-state index is 0.0928. The number of hydrogen-bond donors (Lipinski definition) is 3. The van der Waals surface area contributed by atoms with Gasteiger partial charge in [0.15, 0.2) is 0 Å². The van der Waals surface area contributed by atoms with Crippen molar-refractivity contribution < 1.29 is 19.5 Å². The molecular formula is C20H16N2O4. The Balaban J connectivity index is 1.61. The molecule has 6 heteroatoms. The third-order valence-electron chi connectivity index (χ3n) is 3.87. The van der Waals surface area contributed by atoms with Crippen LogP contribution < -0.4 is 10.6 Å². The molecule has 0 saturated heterocycles. The summed E-state index contributed by atoms with van der Waals surface area (Å²) in [7, 11) is 0. The number of anilines is 1. The molecule has 0 heterocycles. The van der Waals surface area contributed by atoms with Crippen LogP contribution in [-0.4, -0.2) is 29.4 Å². The first kappa shape index (κ1) is 17.2. The zero-order valence-corrected chi connectivity index (χ0v) is 13.7. The Kier molecular flexibility index (Phi) is 4.94. The van der Waals surface area contributed by atoms with Crippen molar-refractivity contribution in [2.45, 2.75) is 0 Å². The summed E-state index contributed by atoms with van der Waals surface area (Å²) < 4.78 is 0. The molecule has 26 heavy (non-hydrogen) atoms. The van der Waals surface area contributed by atoms with E-state index in [1.165, 1.54) is 24.3 Å². The highest BCUT2D eigenvalue weighted by molar-refractivity contribution is 6.04. The van der Waals surface area contributed by atoms with E-state index in [4.69, 9.17) is 5.11 Å². The maximum atomic E-state index is 12.1. The lowest BCUT2D eigenvalue weighted by Crippen LogP contribution is -2.32. The summed E-state index contributed by atoms with van der Waals surface area (Å²) in [6.07, 6.45) is 0. The molecule has 0 aliphatic heterocycles. The number of amides is 2. The molecule has 3 rings (SSSR count). The van der Waals surface area contributed by atoms with Gasteiger partial charge in [-0.25, -0.2) is 4.79 Å². The highest BCUT2D eigenvalue weighted by Gasteiger charge is 2.10. The van der Waals surface area contributed by atoms with Crippen molar-refractivity contribution in [3.05, 3.63) is 77.9 Å². The topological polar surface area (TPSA) is 95.5 Å². The van der Waals surface area contributed by atoms with Gasteiger partial charge in [-0.15, -0.1) is 0 Å². The smallest absolute Gasteiger partial charge is 0.335 e. The maximum absolute atomic E-state index is 12.1. The summed E-state index contributed by atoms with van der Waals surface area (Å²) in [5, 5.41) is 16.1. The Morgan fingerprint density at radius 2 is 1.46 bits per heavy atom. The molecule has 6 nitrogen and oxygen atoms in total. The highest BCUT2D eigenvalue weighted by atomic mass is 16.4. The molecule has 3 aromatic rings. The molecule has 0 bridgehead atoms. The number of carboxylic acid groups (broad SMARTS) is 1. The summed E-state index contributed by atoms with van der Waals surface area (Å²) in [4.78, 5) is 35.0. The van der Waals surface area contributed by atoms with E-state index in [2.05, 4.69) is 10.6 Å². The maximum Gasteiger partial charge on any atom is 0.335 e. The fraction of sp³-hybridized carbons (Fsp3) is 0.0500. The van der Waals surface area contributed by atoms with E-state index in [1.807, 2.05) is 36.4 Å². The number of fused-ring (bicyclic) bond motifs is 1. The quantitative estimate of drug-likeness (QED) is 0.661. The van der Waals surface area contributed by atoms with Gasteiger partial charge in [0.1, 0.15) is 0 Å². The van der Waals surface area contributed by atoms with Gasteiger partial charge in [-0.05, 0) is 35.7 Å². The van der Waals surface area contributed by atoms with Crippen LogP contribution in [0.4, 0.5) is 5.69 Å². The Morgan fingerprint density at radius 3 is 2.19 bits per heavy atom. The van der Waals surface area contributed by atoms with Gasteiger partial charge in [-0.2, -0.15) is 0 Å². The first-order valence-corrected chi connectivity index (χ1v) is 7.94. The first-order chi connectivity index (χ1) is 12.5. The molecule has 3 N–H and O–H groups in total. The second-order valence-electron chi connectivity index (χ2n) is 5.64. The van der Waals surface area contributed by atoms with Crippen molar-refractivity contribution in [2.75, 3.05) is 11.9 Å². The SMILES string of the molecule is O=C(CNC(=O)c1ccc(C(=O)O)cc1)Nc1cccc2ccccc12. The molecule has 3 aromatic carbocycles.